The lowest BCUT2D eigenvalue weighted by Gasteiger charge is -2.57. The van der Waals surface area contributed by atoms with Crippen LogP contribution in [0.1, 0.15) is 66.2 Å². The molecule has 9 atom stereocenters. The topological polar surface area (TPSA) is 76.0 Å². The molecule has 0 spiro atoms. The summed E-state index contributed by atoms with van der Waals surface area (Å²) in [5, 5.41) is 13.0. The van der Waals surface area contributed by atoms with Crippen molar-refractivity contribution in [2.75, 3.05) is 0 Å². The number of allylic oxidation sites excluding steroid dienone is 2. The Hall–Kier alpha value is -1.65. The van der Waals surface area contributed by atoms with Gasteiger partial charge in [0.05, 0.1) is 5.71 Å². The Balaban J connectivity index is 1.51. The second kappa shape index (κ2) is 6.18. The SMILES string of the molecule is CC(=O)O[C@]1(C(C)=O)CC[C@H]2[C@@H]3C[C@H](C)C4=C/C(=N/O)[C@H]5C[C@H]5[C@@H]4[C@H]3CC[C@@]21C. The van der Waals surface area contributed by atoms with Gasteiger partial charge in [-0.1, -0.05) is 24.6 Å². The first kappa shape index (κ1) is 19.3. The quantitative estimate of drug-likeness (QED) is 0.425. The maximum absolute atomic E-state index is 12.8. The average molecular weight is 400 g/mol. The highest BCUT2D eigenvalue weighted by atomic mass is 16.6. The van der Waals surface area contributed by atoms with E-state index in [9.17, 15) is 14.8 Å². The van der Waals surface area contributed by atoms with E-state index in [2.05, 4.69) is 25.1 Å². The molecule has 0 saturated heterocycles. The highest BCUT2D eigenvalue weighted by molar-refractivity contribution is 6.00. The zero-order chi connectivity index (χ0) is 20.7. The van der Waals surface area contributed by atoms with Crippen molar-refractivity contribution < 1.29 is 19.5 Å². The predicted octanol–water partition coefficient (Wildman–Crippen LogP) is 4.38. The fourth-order valence-electron chi connectivity index (χ4n) is 8.42. The number of esters is 1. The first-order chi connectivity index (χ1) is 13.7. The molecule has 0 bridgehead atoms. The second-order valence-corrected chi connectivity index (χ2v) is 10.7. The maximum atomic E-state index is 12.8. The Morgan fingerprint density at radius 3 is 2.55 bits per heavy atom. The van der Waals surface area contributed by atoms with Gasteiger partial charge in [-0.05, 0) is 87.0 Å². The van der Waals surface area contributed by atoms with Gasteiger partial charge in [-0.2, -0.15) is 0 Å². The molecule has 4 fully saturated rings. The van der Waals surface area contributed by atoms with Crippen LogP contribution < -0.4 is 0 Å². The molecule has 0 aromatic heterocycles. The lowest BCUT2D eigenvalue weighted by atomic mass is 9.48. The van der Waals surface area contributed by atoms with Crippen LogP contribution in [0.15, 0.2) is 16.8 Å². The van der Waals surface area contributed by atoms with Crippen molar-refractivity contribution in [1.29, 1.82) is 0 Å². The van der Waals surface area contributed by atoms with E-state index in [1.54, 1.807) is 6.92 Å². The minimum Gasteiger partial charge on any atom is -0.451 e. The van der Waals surface area contributed by atoms with Crippen molar-refractivity contribution in [3.63, 3.8) is 0 Å². The third-order valence-electron chi connectivity index (χ3n) is 9.65. The van der Waals surface area contributed by atoms with Crippen LogP contribution in [0.4, 0.5) is 0 Å². The molecule has 5 nitrogen and oxygen atoms in total. The van der Waals surface area contributed by atoms with Crippen LogP contribution in [0.3, 0.4) is 0 Å². The Morgan fingerprint density at radius 2 is 1.90 bits per heavy atom. The van der Waals surface area contributed by atoms with Crippen molar-refractivity contribution in [2.24, 2.45) is 52.0 Å². The zero-order valence-electron chi connectivity index (χ0n) is 18.0. The minimum absolute atomic E-state index is 0.0179. The Bertz CT molecular complexity index is 831. The molecule has 0 aromatic rings. The van der Waals surface area contributed by atoms with Crippen LogP contribution >= 0.6 is 0 Å². The summed E-state index contributed by atoms with van der Waals surface area (Å²) in [6.07, 6.45) is 8.15. The minimum atomic E-state index is -0.945. The average Bonchev–Trinajstić information content (AvgIpc) is 3.40. The number of nitrogens with zero attached hydrogens (tertiary/aromatic N) is 1. The lowest BCUT2D eigenvalue weighted by molar-refractivity contribution is -0.186. The molecule has 5 heteroatoms. The first-order valence-corrected chi connectivity index (χ1v) is 11.4. The van der Waals surface area contributed by atoms with E-state index in [1.165, 1.54) is 12.5 Å². The van der Waals surface area contributed by atoms with Crippen molar-refractivity contribution in [1.82, 2.24) is 0 Å². The molecule has 29 heavy (non-hydrogen) atoms. The molecule has 0 heterocycles. The highest BCUT2D eigenvalue weighted by Crippen LogP contribution is 2.69. The number of carbonyl (C=O) groups is 2. The van der Waals surface area contributed by atoms with Gasteiger partial charge in [0.1, 0.15) is 0 Å². The summed E-state index contributed by atoms with van der Waals surface area (Å²) in [4.78, 5) is 24.8. The van der Waals surface area contributed by atoms with E-state index in [4.69, 9.17) is 4.74 Å². The largest absolute Gasteiger partial charge is 0.451 e. The molecule has 5 aliphatic rings. The van der Waals surface area contributed by atoms with E-state index in [1.807, 2.05) is 0 Å². The van der Waals surface area contributed by atoms with Crippen LogP contribution in [0.25, 0.3) is 0 Å². The van der Waals surface area contributed by atoms with Gasteiger partial charge in [-0.15, -0.1) is 0 Å². The number of hydrogen-bond acceptors (Lipinski definition) is 5. The summed E-state index contributed by atoms with van der Waals surface area (Å²) in [5.74, 6) is 3.48. The van der Waals surface area contributed by atoms with E-state index < -0.39 is 5.60 Å². The van der Waals surface area contributed by atoms with Gasteiger partial charge in [-0.25, -0.2) is 0 Å². The molecule has 1 N–H and O–H groups in total. The fraction of sp³-hybridized carbons (Fsp3) is 0.792. The summed E-state index contributed by atoms with van der Waals surface area (Å²) in [7, 11) is 0. The molecule has 0 unspecified atom stereocenters. The number of carbonyl (C=O) groups excluding carboxylic acids is 2. The van der Waals surface area contributed by atoms with Crippen molar-refractivity contribution in [3.05, 3.63) is 11.6 Å². The molecule has 158 valence electrons. The zero-order valence-corrected chi connectivity index (χ0v) is 18.0. The molecule has 0 radical (unpaired) electrons. The Kier molecular flexibility index (Phi) is 4.12. The lowest BCUT2D eigenvalue weighted by Crippen LogP contribution is -2.58. The van der Waals surface area contributed by atoms with Crippen molar-refractivity contribution >= 4 is 17.5 Å². The third kappa shape index (κ3) is 2.42. The van der Waals surface area contributed by atoms with Crippen LogP contribution in [-0.2, 0) is 14.3 Å². The first-order valence-electron chi connectivity index (χ1n) is 11.4. The normalized spacial score (nSPS) is 51.2. The summed E-state index contributed by atoms with van der Waals surface area (Å²) in [6, 6.07) is 0. The molecule has 5 aliphatic carbocycles. The molecule has 5 rings (SSSR count). The summed E-state index contributed by atoms with van der Waals surface area (Å²) in [5.41, 5.74) is 1.18. The van der Waals surface area contributed by atoms with Gasteiger partial charge in [0.2, 0.25) is 0 Å². The summed E-state index contributed by atoms with van der Waals surface area (Å²) in [6.45, 7) is 7.58. The number of oxime groups is 1. The van der Waals surface area contributed by atoms with Crippen LogP contribution in [0, 0.1) is 46.8 Å². The van der Waals surface area contributed by atoms with Gasteiger partial charge in [-0.3, -0.25) is 9.59 Å². The van der Waals surface area contributed by atoms with E-state index in [0.29, 0.717) is 47.8 Å². The third-order valence-corrected chi connectivity index (χ3v) is 9.65. The van der Waals surface area contributed by atoms with Gasteiger partial charge >= 0.3 is 5.97 Å². The maximum Gasteiger partial charge on any atom is 0.303 e. The molecule has 0 aliphatic heterocycles. The number of fused-ring (bicyclic) bond motifs is 7. The van der Waals surface area contributed by atoms with Gasteiger partial charge in [0, 0.05) is 18.3 Å². The van der Waals surface area contributed by atoms with Gasteiger partial charge in [0.15, 0.2) is 11.4 Å². The molecular weight excluding hydrogens is 366 g/mol. The van der Waals surface area contributed by atoms with Crippen LogP contribution in [-0.4, -0.2) is 28.3 Å². The Labute approximate surface area is 172 Å². The number of ketones is 1. The molecule has 4 saturated carbocycles. The smallest absolute Gasteiger partial charge is 0.303 e. The van der Waals surface area contributed by atoms with E-state index in [0.717, 1.165) is 37.8 Å². The number of Topliss-reactive ketones (excluding diaryl/α,β-unsaturated/α-hetero) is 1. The van der Waals surface area contributed by atoms with Crippen LogP contribution in [0.5, 0.6) is 0 Å². The van der Waals surface area contributed by atoms with Crippen molar-refractivity contribution in [3.8, 4) is 0 Å². The predicted molar refractivity (Wildman–Crippen MR) is 108 cm³/mol. The number of ether oxygens (including phenoxy) is 1. The molecule has 0 aromatic carbocycles. The standard InChI is InChI=1S/C24H33NO4/c1-12-9-17-15(22-16(12)11-21(25-28)18-10-19(18)22)5-7-23(4)20(17)6-8-24(23,13(2)26)29-14(3)27/h11-12,15,17-20,22,28H,5-10H2,1-4H3/b25-21-/t12-,15-,17+,18-,19+,20-,22+,23-,24-/m0/s1. The summed E-state index contributed by atoms with van der Waals surface area (Å²) >= 11 is 0. The number of rotatable bonds is 2. The van der Waals surface area contributed by atoms with E-state index >= 15 is 0 Å². The summed E-state index contributed by atoms with van der Waals surface area (Å²) < 4.78 is 5.86. The monoisotopic (exact) mass is 399 g/mol. The van der Waals surface area contributed by atoms with E-state index in [-0.39, 0.29) is 17.2 Å². The fourth-order valence-corrected chi connectivity index (χ4v) is 8.42. The molecular formula is C24H33NO4. The highest BCUT2D eigenvalue weighted by Gasteiger charge is 2.68. The Morgan fingerprint density at radius 1 is 1.14 bits per heavy atom. The number of hydrogen-bond donors (Lipinski definition) is 1. The van der Waals surface area contributed by atoms with Crippen LogP contribution in [0.2, 0.25) is 0 Å². The second-order valence-electron chi connectivity index (χ2n) is 10.7. The van der Waals surface area contributed by atoms with Gasteiger partial charge < -0.3 is 9.94 Å². The van der Waals surface area contributed by atoms with Gasteiger partial charge in [0.25, 0.3) is 0 Å². The molecule has 0 amide bonds. The van der Waals surface area contributed by atoms with Crippen molar-refractivity contribution in [2.45, 2.75) is 71.8 Å².